The third-order valence-corrected chi connectivity index (χ3v) is 3.24. The molecule has 0 bridgehead atoms. The van der Waals surface area contributed by atoms with Gasteiger partial charge in [0.05, 0.1) is 0 Å². The van der Waals surface area contributed by atoms with Gasteiger partial charge in [-0.1, -0.05) is 38.2 Å². The maximum absolute atomic E-state index is 11.4. The highest BCUT2D eigenvalue weighted by Crippen LogP contribution is 2.10. The number of H-pyrrole nitrogens is 1. The molecule has 106 valence electrons. The smallest absolute Gasteiger partial charge is 0.303 e. The maximum Gasteiger partial charge on any atom is 0.303 e. The van der Waals surface area contributed by atoms with Crippen LogP contribution in [-0.2, 0) is 11.2 Å². The monoisotopic (exact) mass is 265 g/mol. The van der Waals surface area contributed by atoms with Crippen molar-refractivity contribution in [3.63, 3.8) is 0 Å². The molecule has 1 aromatic rings. The normalized spacial score (nSPS) is 10.5. The molecular formula is C15H23NO3. The summed E-state index contributed by atoms with van der Waals surface area (Å²) in [5, 5.41) is 8.49. The van der Waals surface area contributed by atoms with E-state index in [2.05, 4.69) is 4.98 Å². The molecule has 0 saturated carbocycles. The predicted molar refractivity (Wildman–Crippen MR) is 75.3 cm³/mol. The first kappa shape index (κ1) is 15.5. The zero-order chi connectivity index (χ0) is 13.9. The molecule has 4 heteroatoms. The van der Waals surface area contributed by atoms with Crippen LogP contribution in [0.15, 0.2) is 23.1 Å². The molecule has 1 aromatic heterocycles. The van der Waals surface area contributed by atoms with Crippen LogP contribution in [0.5, 0.6) is 0 Å². The summed E-state index contributed by atoms with van der Waals surface area (Å²) in [6, 6.07) is 3.74. The molecule has 0 spiro atoms. The molecule has 0 amide bonds. The number of carboxylic acids is 1. The number of aryl methyl sites for hydroxylation is 1. The average Bonchev–Trinajstić information content (AvgIpc) is 2.38. The van der Waals surface area contributed by atoms with Gasteiger partial charge in [-0.15, -0.1) is 0 Å². The summed E-state index contributed by atoms with van der Waals surface area (Å²) in [7, 11) is 0. The first-order valence-corrected chi connectivity index (χ1v) is 7.08. The second-order valence-corrected chi connectivity index (χ2v) is 4.89. The Balaban J connectivity index is 1.96. The Kier molecular flexibility index (Phi) is 7.63. The fraction of sp³-hybridized carbons (Fsp3) is 0.600. The number of pyridine rings is 1. The highest BCUT2D eigenvalue weighted by molar-refractivity contribution is 5.66. The topological polar surface area (TPSA) is 70.2 Å². The van der Waals surface area contributed by atoms with Crippen molar-refractivity contribution in [3.8, 4) is 0 Å². The van der Waals surface area contributed by atoms with Crippen LogP contribution >= 0.6 is 0 Å². The fourth-order valence-electron chi connectivity index (χ4n) is 2.13. The Morgan fingerprint density at radius 3 is 2.32 bits per heavy atom. The molecule has 1 heterocycles. The highest BCUT2D eigenvalue weighted by Gasteiger charge is 1.99. The Hall–Kier alpha value is -1.58. The lowest BCUT2D eigenvalue weighted by Gasteiger charge is -2.02. The van der Waals surface area contributed by atoms with Gasteiger partial charge in [-0.2, -0.15) is 0 Å². The van der Waals surface area contributed by atoms with Crippen LogP contribution in [0.4, 0.5) is 0 Å². The van der Waals surface area contributed by atoms with Crippen molar-refractivity contribution < 1.29 is 9.90 Å². The standard InChI is InChI=1S/C15H23NO3/c17-14(18)11-7-5-3-1-2-4-6-9-13-10-8-12-16-15(13)19/h8,10,12H,1-7,9,11H2,(H,16,19)(H,17,18). The first-order chi connectivity index (χ1) is 9.20. The van der Waals surface area contributed by atoms with Crippen molar-refractivity contribution in [1.29, 1.82) is 0 Å². The van der Waals surface area contributed by atoms with E-state index in [1.165, 1.54) is 0 Å². The molecule has 2 N–H and O–H groups in total. The number of unbranched alkanes of at least 4 members (excludes halogenated alkanes) is 6. The van der Waals surface area contributed by atoms with Gasteiger partial charge in [0.25, 0.3) is 5.56 Å². The van der Waals surface area contributed by atoms with Crippen molar-refractivity contribution in [3.05, 3.63) is 34.2 Å². The van der Waals surface area contributed by atoms with Crippen LogP contribution in [-0.4, -0.2) is 16.1 Å². The number of carbonyl (C=O) groups is 1. The van der Waals surface area contributed by atoms with Crippen LogP contribution in [0.2, 0.25) is 0 Å². The minimum absolute atomic E-state index is 0.0242. The fourth-order valence-corrected chi connectivity index (χ4v) is 2.13. The molecule has 0 aliphatic carbocycles. The number of aromatic amines is 1. The number of rotatable bonds is 10. The molecule has 0 atom stereocenters. The minimum Gasteiger partial charge on any atom is -0.481 e. The molecule has 4 nitrogen and oxygen atoms in total. The van der Waals surface area contributed by atoms with Crippen LogP contribution < -0.4 is 5.56 Å². The van der Waals surface area contributed by atoms with Crippen LogP contribution in [0, 0.1) is 0 Å². The average molecular weight is 265 g/mol. The van der Waals surface area contributed by atoms with Gasteiger partial charge in [-0.05, 0) is 25.3 Å². The van der Waals surface area contributed by atoms with Gasteiger partial charge in [0, 0.05) is 18.2 Å². The van der Waals surface area contributed by atoms with Gasteiger partial charge in [-0.25, -0.2) is 0 Å². The van der Waals surface area contributed by atoms with Crippen molar-refractivity contribution in [2.75, 3.05) is 0 Å². The van der Waals surface area contributed by atoms with Gasteiger partial charge in [0.2, 0.25) is 0 Å². The number of nitrogens with one attached hydrogen (secondary N) is 1. The molecular weight excluding hydrogens is 242 g/mol. The number of hydrogen-bond donors (Lipinski definition) is 2. The van der Waals surface area contributed by atoms with Gasteiger partial charge in [0.1, 0.15) is 0 Å². The van der Waals surface area contributed by atoms with Crippen LogP contribution in [0.1, 0.15) is 56.9 Å². The molecule has 0 aromatic carbocycles. The van der Waals surface area contributed by atoms with Gasteiger partial charge < -0.3 is 10.1 Å². The predicted octanol–water partition coefficient (Wildman–Crippen LogP) is 3.12. The lowest BCUT2D eigenvalue weighted by atomic mass is 10.0. The van der Waals surface area contributed by atoms with E-state index in [9.17, 15) is 9.59 Å². The van der Waals surface area contributed by atoms with Crippen LogP contribution in [0.25, 0.3) is 0 Å². The van der Waals surface area contributed by atoms with Crippen molar-refractivity contribution in [2.24, 2.45) is 0 Å². The largest absolute Gasteiger partial charge is 0.481 e. The maximum atomic E-state index is 11.4. The first-order valence-electron chi connectivity index (χ1n) is 7.08. The lowest BCUT2D eigenvalue weighted by Crippen LogP contribution is -2.10. The zero-order valence-electron chi connectivity index (χ0n) is 11.4. The van der Waals surface area contributed by atoms with Crippen molar-refractivity contribution >= 4 is 5.97 Å². The van der Waals surface area contributed by atoms with E-state index in [-0.39, 0.29) is 12.0 Å². The molecule has 0 unspecified atom stereocenters. The van der Waals surface area contributed by atoms with E-state index in [4.69, 9.17) is 5.11 Å². The molecule has 0 saturated heterocycles. The minimum atomic E-state index is -0.701. The molecule has 0 aliphatic heterocycles. The van der Waals surface area contributed by atoms with E-state index in [0.717, 1.165) is 56.9 Å². The van der Waals surface area contributed by atoms with Crippen molar-refractivity contribution in [1.82, 2.24) is 4.98 Å². The van der Waals surface area contributed by atoms with E-state index in [0.29, 0.717) is 0 Å². The number of carboxylic acid groups (broad SMARTS) is 1. The molecule has 0 radical (unpaired) electrons. The van der Waals surface area contributed by atoms with E-state index in [1.54, 1.807) is 6.20 Å². The SMILES string of the molecule is O=C(O)CCCCCCCCCc1ccc[nH]c1=O. The third kappa shape index (κ3) is 7.44. The summed E-state index contributed by atoms with van der Waals surface area (Å²) in [6.45, 7) is 0. The third-order valence-electron chi connectivity index (χ3n) is 3.24. The molecule has 1 rings (SSSR count). The Morgan fingerprint density at radius 2 is 1.68 bits per heavy atom. The number of aromatic nitrogens is 1. The second kappa shape index (κ2) is 9.36. The molecule has 0 fully saturated rings. The summed E-state index contributed by atoms with van der Waals surface area (Å²) in [6.07, 6.45) is 10.2. The summed E-state index contributed by atoms with van der Waals surface area (Å²) >= 11 is 0. The quantitative estimate of drug-likeness (QED) is 0.638. The van der Waals surface area contributed by atoms with Gasteiger partial charge in [0.15, 0.2) is 0 Å². The Morgan fingerprint density at radius 1 is 1.05 bits per heavy atom. The summed E-state index contributed by atoms with van der Waals surface area (Å²) < 4.78 is 0. The summed E-state index contributed by atoms with van der Waals surface area (Å²) in [5.74, 6) is -0.701. The summed E-state index contributed by atoms with van der Waals surface area (Å²) in [4.78, 5) is 24.4. The van der Waals surface area contributed by atoms with Crippen LogP contribution in [0.3, 0.4) is 0 Å². The summed E-state index contributed by atoms with van der Waals surface area (Å²) in [5.41, 5.74) is 0.889. The lowest BCUT2D eigenvalue weighted by molar-refractivity contribution is -0.137. The van der Waals surface area contributed by atoms with Crippen molar-refractivity contribution in [2.45, 2.75) is 57.8 Å². The van der Waals surface area contributed by atoms with E-state index in [1.807, 2.05) is 12.1 Å². The Labute approximate surface area is 113 Å². The van der Waals surface area contributed by atoms with E-state index < -0.39 is 5.97 Å². The van der Waals surface area contributed by atoms with E-state index >= 15 is 0 Å². The second-order valence-electron chi connectivity index (χ2n) is 4.89. The highest BCUT2D eigenvalue weighted by atomic mass is 16.4. The number of aliphatic carboxylic acids is 1. The molecule has 19 heavy (non-hydrogen) atoms. The van der Waals surface area contributed by atoms with Gasteiger partial charge >= 0.3 is 5.97 Å². The Bertz CT molecular complexity index is 425. The van der Waals surface area contributed by atoms with Gasteiger partial charge in [-0.3, -0.25) is 9.59 Å². The number of hydrogen-bond acceptors (Lipinski definition) is 2. The molecule has 0 aliphatic rings. The zero-order valence-corrected chi connectivity index (χ0v) is 11.4.